The molecule has 3 rings (SSSR count). The fraction of sp³-hybridized carbons (Fsp3) is 0.450. The maximum Gasteiger partial charge on any atom is 0.410 e. The second-order valence-corrected chi connectivity index (χ2v) is 8.16. The Labute approximate surface area is 164 Å². The Balaban J connectivity index is 1.69. The van der Waals surface area contributed by atoms with E-state index in [1.807, 2.05) is 39.0 Å². The molecule has 0 unspecified atom stereocenters. The van der Waals surface area contributed by atoms with Crippen molar-refractivity contribution < 1.29 is 14.3 Å². The molecule has 2 aromatic heterocycles. The monoisotopic (exact) mass is 389 g/mol. The van der Waals surface area contributed by atoms with Gasteiger partial charge in [-0.2, -0.15) is 0 Å². The van der Waals surface area contributed by atoms with Crippen LogP contribution in [0.5, 0.6) is 5.75 Å². The summed E-state index contributed by atoms with van der Waals surface area (Å²) < 4.78 is 11.4. The summed E-state index contributed by atoms with van der Waals surface area (Å²) in [5.74, 6) is 0.607. The van der Waals surface area contributed by atoms with Crippen LogP contribution in [0.2, 0.25) is 5.15 Å². The molecule has 0 spiro atoms. The van der Waals surface area contributed by atoms with Crippen LogP contribution in [0, 0.1) is 0 Å². The van der Waals surface area contributed by atoms with Gasteiger partial charge in [-0.3, -0.25) is 4.98 Å². The molecule has 0 bridgehead atoms. The lowest BCUT2D eigenvalue weighted by Gasteiger charge is -2.30. The van der Waals surface area contributed by atoms with Gasteiger partial charge in [-0.05, 0) is 57.4 Å². The van der Waals surface area contributed by atoms with E-state index in [-0.39, 0.29) is 11.6 Å². The number of rotatable bonds is 5. The third-order valence-electron chi connectivity index (χ3n) is 4.52. The summed E-state index contributed by atoms with van der Waals surface area (Å²) in [5, 5.41) is 0.403. The van der Waals surface area contributed by atoms with Crippen LogP contribution in [0.15, 0.2) is 36.8 Å². The summed E-state index contributed by atoms with van der Waals surface area (Å²) in [7, 11) is 1.76. The fourth-order valence-electron chi connectivity index (χ4n) is 2.70. The normalized spacial score (nSPS) is 15.1. The summed E-state index contributed by atoms with van der Waals surface area (Å²) in [4.78, 5) is 22.2. The summed E-state index contributed by atoms with van der Waals surface area (Å²) >= 11 is 6.23. The van der Waals surface area contributed by atoms with Crippen LogP contribution >= 0.6 is 11.6 Å². The first-order chi connectivity index (χ1) is 12.7. The number of nitrogens with zero attached hydrogens (tertiary/aromatic N) is 3. The molecular weight excluding hydrogens is 366 g/mol. The lowest BCUT2D eigenvalue weighted by Crippen LogP contribution is -2.45. The first kappa shape index (κ1) is 19.4. The number of amides is 1. The highest BCUT2D eigenvalue weighted by atomic mass is 35.5. The topological polar surface area (TPSA) is 64.6 Å². The number of pyridine rings is 2. The lowest BCUT2D eigenvalue weighted by molar-refractivity contribution is 0.0139. The Kier molecular flexibility index (Phi) is 5.29. The number of aromatic nitrogens is 2. The highest BCUT2D eigenvalue weighted by molar-refractivity contribution is 6.32. The quantitative estimate of drug-likeness (QED) is 0.700. The molecule has 0 aromatic carbocycles. The van der Waals surface area contributed by atoms with E-state index in [0.717, 1.165) is 24.0 Å². The average molecular weight is 390 g/mol. The summed E-state index contributed by atoms with van der Waals surface area (Å²) in [5.41, 5.74) is 0.836. The Hall–Kier alpha value is -2.34. The van der Waals surface area contributed by atoms with Crippen LogP contribution < -0.4 is 4.74 Å². The minimum Gasteiger partial charge on any atom is -0.489 e. The lowest BCUT2D eigenvalue weighted by atomic mass is 10.1. The van der Waals surface area contributed by atoms with Gasteiger partial charge in [0.1, 0.15) is 23.1 Å². The van der Waals surface area contributed by atoms with Crippen molar-refractivity contribution in [1.29, 1.82) is 0 Å². The summed E-state index contributed by atoms with van der Waals surface area (Å²) in [6.07, 6.45) is 6.41. The number of carbonyl (C=O) groups is 1. The molecule has 0 radical (unpaired) electrons. The number of halogens is 1. The number of carbonyl (C=O) groups excluding carboxylic acids is 1. The smallest absolute Gasteiger partial charge is 0.410 e. The van der Waals surface area contributed by atoms with Gasteiger partial charge in [0.25, 0.3) is 0 Å². The van der Waals surface area contributed by atoms with Gasteiger partial charge in [0.15, 0.2) is 0 Å². The van der Waals surface area contributed by atoms with Crippen molar-refractivity contribution in [2.75, 3.05) is 13.7 Å². The molecule has 7 heteroatoms. The van der Waals surface area contributed by atoms with Gasteiger partial charge in [-0.25, -0.2) is 9.78 Å². The predicted octanol–water partition coefficient (Wildman–Crippen LogP) is 4.58. The van der Waals surface area contributed by atoms with Crippen molar-refractivity contribution in [2.45, 2.75) is 44.8 Å². The number of ether oxygens (including phenoxy) is 2. The summed E-state index contributed by atoms with van der Waals surface area (Å²) in [6.45, 7) is 5.94. The molecular formula is C20H24ClN3O3. The Morgan fingerprint density at radius 1 is 1.30 bits per heavy atom. The Morgan fingerprint density at radius 3 is 2.56 bits per heavy atom. The molecule has 0 saturated heterocycles. The number of likely N-dealkylation sites (N-methyl/N-ethyl adjacent to an activating group) is 1. The fourth-order valence-corrected chi connectivity index (χ4v) is 2.92. The van der Waals surface area contributed by atoms with Crippen LogP contribution in [0.4, 0.5) is 4.79 Å². The molecule has 0 aliphatic heterocycles. The van der Waals surface area contributed by atoms with E-state index < -0.39 is 5.60 Å². The maximum absolute atomic E-state index is 12.4. The van der Waals surface area contributed by atoms with Crippen LogP contribution in [0.25, 0.3) is 11.1 Å². The van der Waals surface area contributed by atoms with Crippen LogP contribution in [-0.2, 0) is 4.74 Å². The van der Waals surface area contributed by atoms with Crippen molar-refractivity contribution >= 4 is 17.7 Å². The average Bonchev–Trinajstić information content (AvgIpc) is 3.41. The van der Waals surface area contributed by atoms with Gasteiger partial charge in [0.2, 0.25) is 0 Å². The molecule has 2 heterocycles. The minimum absolute atomic E-state index is 0.335. The highest BCUT2D eigenvalue weighted by Crippen LogP contribution is 2.42. The van der Waals surface area contributed by atoms with Gasteiger partial charge >= 0.3 is 6.09 Å². The van der Waals surface area contributed by atoms with Gasteiger partial charge < -0.3 is 14.4 Å². The van der Waals surface area contributed by atoms with Gasteiger partial charge in [0, 0.05) is 25.0 Å². The third kappa shape index (κ3) is 4.69. The molecule has 27 heavy (non-hydrogen) atoms. The number of hydrogen-bond donors (Lipinski definition) is 0. The molecule has 0 N–H and O–H groups in total. The molecule has 1 amide bonds. The van der Waals surface area contributed by atoms with E-state index in [2.05, 4.69) is 9.97 Å². The van der Waals surface area contributed by atoms with E-state index in [9.17, 15) is 4.79 Å². The Morgan fingerprint density at radius 2 is 1.96 bits per heavy atom. The van der Waals surface area contributed by atoms with Crippen molar-refractivity contribution in [3.05, 3.63) is 41.9 Å². The molecule has 1 fully saturated rings. The zero-order valence-electron chi connectivity index (χ0n) is 16.0. The molecule has 6 nitrogen and oxygen atoms in total. The van der Waals surface area contributed by atoms with E-state index in [1.165, 1.54) is 0 Å². The predicted molar refractivity (Wildman–Crippen MR) is 104 cm³/mol. The standard InChI is InChI=1S/C20H24ClN3O3/c1-19(2,3)27-18(25)24(4)20(7-8-20)13-26-15-11-16(17(21)23-12-15)14-5-9-22-10-6-14/h5-6,9-12H,7-8,13H2,1-4H3. The second kappa shape index (κ2) is 7.35. The van der Waals surface area contributed by atoms with Gasteiger partial charge in [0.05, 0.1) is 11.7 Å². The maximum atomic E-state index is 12.4. The van der Waals surface area contributed by atoms with Crippen molar-refractivity contribution in [1.82, 2.24) is 14.9 Å². The van der Waals surface area contributed by atoms with Gasteiger partial charge in [-0.1, -0.05) is 11.6 Å². The van der Waals surface area contributed by atoms with Crippen LogP contribution in [0.3, 0.4) is 0 Å². The molecule has 1 aliphatic rings. The highest BCUT2D eigenvalue weighted by Gasteiger charge is 2.50. The van der Waals surface area contributed by atoms with E-state index in [1.54, 1.807) is 30.5 Å². The van der Waals surface area contributed by atoms with Crippen molar-refractivity contribution in [2.24, 2.45) is 0 Å². The SMILES string of the molecule is CN(C(=O)OC(C)(C)C)C1(COc2cnc(Cl)c(-c3ccncc3)c2)CC1. The number of hydrogen-bond acceptors (Lipinski definition) is 5. The largest absolute Gasteiger partial charge is 0.489 e. The first-order valence-corrected chi connectivity index (χ1v) is 9.24. The first-order valence-electron chi connectivity index (χ1n) is 8.86. The zero-order chi connectivity index (χ0) is 19.7. The van der Waals surface area contributed by atoms with Crippen molar-refractivity contribution in [3.8, 4) is 16.9 Å². The van der Waals surface area contributed by atoms with Crippen LogP contribution in [-0.4, -0.2) is 45.8 Å². The third-order valence-corrected chi connectivity index (χ3v) is 4.82. The Bertz CT molecular complexity index is 817. The second-order valence-electron chi connectivity index (χ2n) is 7.80. The van der Waals surface area contributed by atoms with E-state index in [4.69, 9.17) is 21.1 Å². The molecule has 2 aromatic rings. The summed E-state index contributed by atoms with van der Waals surface area (Å²) in [6, 6.07) is 5.59. The van der Waals surface area contributed by atoms with Crippen molar-refractivity contribution in [3.63, 3.8) is 0 Å². The van der Waals surface area contributed by atoms with Crippen LogP contribution in [0.1, 0.15) is 33.6 Å². The van der Waals surface area contributed by atoms with E-state index in [0.29, 0.717) is 17.5 Å². The molecule has 1 aliphatic carbocycles. The minimum atomic E-state index is -0.526. The van der Waals surface area contributed by atoms with E-state index >= 15 is 0 Å². The molecule has 0 atom stereocenters. The zero-order valence-corrected chi connectivity index (χ0v) is 16.8. The van der Waals surface area contributed by atoms with Gasteiger partial charge in [-0.15, -0.1) is 0 Å². The molecule has 144 valence electrons. The molecule has 1 saturated carbocycles.